The smallest absolute Gasteiger partial charge is 0.185 e. The lowest BCUT2D eigenvalue weighted by atomic mass is 10.1. The Balaban J connectivity index is 2.42. The summed E-state index contributed by atoms with van der Waals surface area (Å²) in [6.45, 7) is -1.70. The van der Waals surface area contributed by atoms with Crippen LogP contribution in [0.4, 0.5) is 22.0 Å². The van der Waals surface area contributed by atoms with Gasteiger partial charge in [0.05, 0.1) is 0 Å². The topological polar surface area (TPSA) is 12.0 Å². The van der Waals surface area contributed by atoms with Crippen molar-refractivity contribution >= 4 is 0 Å². The van der Waals surface area contributed by atoms with Gasteiger partial charge in [0, 0.05) is 6.54 Å². The highest BCUT2D eigenvalue weighted by Gasteiger charge is 2.35. The highest BCUT2D eigenvalue weighted by molar-refractivity contribution is 5.14. The zero-order valence-corrected chi connectivity index (χ0v) is 9.50. The molecule has 4 unspecified atom stereocenters. The van der Waals surface area contributed by atoms with Crippen LogP contribution in [0.1, 0.15) is 5.56 Å². The minimum atomic E-state index is -2.81. The first-order chi connectivity index (χ1) is 8.56. The van der Waals surface area contributed by atoms with Gasteiger partial charge in [-0.05, 0) is 5.56 Å². The van der Waals surface area contributed by atoms with Crippen LogP contribution in [0.25, 0.3) is 0 Å². The van der Waals surface area contributed by atoms with E-state index in [4.69, 9.17) is 0 Å². The molecule has 0 amide bonds. The molecule has 0 bridgehead atoms. The van der Waals surface area contributed by atoms with Gasteiger partial charge < -0.3 is 0 Å². The SMILES string of the molecule is FCC(F)C(F)C(F)C(F)NCc1ccccc1. The van der Waals surface area contributed by atoms with Crippen LogP contribution in [-0.2, 0) is 6.54 Å². The monoisotopic (exact) mass is 267 g/mol. The Hall–Kier alpha value is -1.17. The summed E-state index contributed by atoms with van der Waals surface area (Å²) in [6, 6.07) is 8.49. The molecule has 4 atom stereocenters. The summed E-state index contributed by atoms with van der Waals surface area (Å²) in [5.74, 6) is 0. The van der Waals surface area contributed by atoms with Crippen molar-refractivity contribution in [1.82, 2.24) is 5.32 Å². The van der Waals surface area contributed by atoms with Crippen molar-refractivity contribution < 1.29 is 22.0 Å². The predicted octanol–water partition coefficient (Wildman–Crippen LogP) is 3.06. The molecule has 0 aromatic heterocycles. The van der Waals surface area contributed by atoms with E-state index in [2.05, 4.69) is 5.32 Å². The minimum Gasteiger partial charge on any atom is -0.281 e. The molecule has 0 spiro atoms. The van der Waals surface area contributed by atoms with E-state index in [-0.39, 0.29) is 6.54 Å². The predicted molar refractivity (Wildman–Crippen MR) is 58.8 cm³/mol. The van der Waals surface area contributed by atoms with Gasteiger partial charge in [0.15, 0.2) is 24.8 Å². The second-order valence-corrected chi connectivity index (χ2v) is 3.83. The first-order valence-corrected chi connectivity index (χ1v) is 5.45. The number of hydrogen-bond donors (Lipinski definition) is 1. The molecule has 0 radical (unpaired) electrons. The van der Waals surface area contributed by atoms with Crippen LogP contribution in [0.3, 0.4) is 0 Å². The third-order valence-corrected chi connectivity index (χ3v) is 2.42. The summed E-state index contributed by atoms with van der Waals surface area (Å²) in [5, 5.41) is 2.09. The maximum Gasteiger partial charge on any atom is 0.185 e. The number of halogens is 5. The van der Waals surface area contributed by atoms with Gasteiger partial charge in [0.1, 0.15) is 6.67 Å². The van der Waals surface area contributed by atoms with Crippen LogP contribution in [0, 0.1) is 0 Å². The molecule has 1 aromatic carbocycles. The Labute approximate surface area is 102 Å². The van der Waals surface area contributed by atoms with Crippen LogP contribution < -0.4 is 5.32 Å². The number of benzene rings is 1. The van der Waals surface area contributed by atoms with Crippen LogP contribution in [0.15, 0.2) is 30.3 Å². The Morgan fingerprint density at radius 3 is 2.11 bits per heavy atom. The summed E-state index contributed by atoms with van der Waals surface area (Å²) in [7, 11) is 0. The van der Waals surface area contributed by atoms with E-state index in [0.717, 1.165) is 0 Å². The molecule has 6 heteroatoms. The number of hydrogen-bond acceptors (Lipinski definition) is 1. The van der Waals surface area contributed by atoms with Crippen LogP contribution in [0.5, 0.6) is 0 Å². The zero-order valence-electron chi connectivity index (χ0n) is 9.50. The Bertz CT molecular complexity index is 334. The highest BCUT2D eigenvalue weighted by atomic mass is 19.2. The normalized spacial score (nSPS) is 18.1. The summed E-state index contributed by atoms with van der Waals surface area (Å²) < 4.78 is 63.5. The van der Waals surface area contributed by atoms with Gasteiger partial charge in [-0.3, -0.25) is 5.32 Å². The van der Waals surface area contributed by atoms with Crippen LogP contribution in [0.2, 0.25) is 0 Å². The molecule has 0 heterocycles. The number of rotatable bonds is 7. The summed E-state index contributed by atoms with van der Waals surface area (Å²) >= 11 is 0. The Kier molecular flexibility index (Phi) is 6.04. The molecule has 1 aromatic rings. The molecule has 18 heavy (non-hydrogen) atoms. The van der Waals surface area contributed by atoms with Crippen LogP contribution in [-0.4, -0.2) is 31.5 Å². The molecule has 0 fully saturated rings. The van der Waals surface area contributed by atoms with Gasteiger partial charge in [0.25, 0.3) is 0 Å². The number of alkyl halides is 5. The Morgan fingerprint density at radius 2 is 1.56 bits per heavy atom. The van der Waals surface area contributed by atoms with Gasteiger partial charge in [-0.25, -0.2) is 22.0 Å². The summed E-state index contributed by atoms with van der Waals surface area (Å²) in [4.78, 5) is 0. The molecule has 0 aliphatic rings. The maximum atomic E-state index is 13.2. The summed E-state index contributed by atoms with van der Waals surface area (Å²) in [5.41, 5.74) is 0.671. The lowest BCUT2D eigenvalue weighted by Gasteiger charge is -2.19. The molecule has 0 aliphatic carbocycles. The fourth-order valence-corrected chi connectivity index (χ4v) is 1.37. The second kappa shape index (κ2) is 7.31. The fourth-order valence-electron chi connectivity index (χ4n) is 1.37. The maximum absolute atomic E-state index is 13.2. The van der Waals surface area contributed by atoms with Gasteiger partial charge in [-0.1, -0.05) is 30.3 Å². The minimum absolute atomic E-state index is 0.0261. The lowest BCUT2D eigenvalue weighted by Crippen LogP contribution is -2.42. The van der Waals surface area contributed by atoms with Gasteiger partial charge >= 0.3 is 0 Å². The quantitative estimate of drug-likeness (QED) is 0.591. The number of nitrogens with one attached hydrogen (secondary N) is 1. The van der Waals surface area contributed by atoms with Crippen molar-refractivity contribution in [3.63, 3.8) is 0 Å². The third-order valence-electron chi connectivity index (χ3n) is 2.42. The average molecular weight is 267 g/mol. The van der Waals surface area contributed by atoms with Crippen molar-refractivity contribution in [2.24, 2.45) is 0 Å². The van der Waals surface area contributed by atoms with Gasteiger partial charge in [-0.2, -0.15) is 0 Å². The van der Waals surface area contributed by atoms with Crippen LogP contribution >= 0.6 is 0 Å². The van der Waals surface area contributed by atoms with Crippen molar-refractivity contribution in [3.8, 4) is 0 Å². The molecule has 1 rings (SSSR count). The third kappa shape index (κ3) is 4.25. The van der Waals surface area contributed by atoms with Crippen molar-refractivity contribution in [1.29, 1.82) is 0 Å². The van der Waals surface area contributed by atoms with E-state index >= 15 is 0 Å². The molecule has 1 N–H and O–H groups in total. The van der Waals surface area contributed by atoms with Crippen molar-refractivity contribution in [2.45, 2.75) is 31.4 Å². The van der Waals surface area contributed by atoms with Gasteiger partial charge in [-0.15, -0.1) is 0 Å². The Morgan fingerprint density at radius 1 is 0.944 bits per heavy atom. The summed E-state index contributed by atoms with van der Waals surface area (Å²) in [6.07, 6.45) is -10.6. The van der Waals surface area contributed by atoms with Gasteiger partial charge in [0.2, 0.25) is 0 Å². The van der Waals surface area contributed by atoms with E-state index in [9.17, 15) is 22.0 Å². The van der Waals surface area contributed by atoms with E-state index in [1.54, 1.807) is 30.3 Å². The van der Waals surface area contributed by atoms with E-state index in [0.29, 0.717) is 5.56 Å². The zero-order chi connectivity index (χ0) is 13.5. The van der Waals surface area contributed by atoms with Crippen molar-refractivity contribution in [2.75, 3.05) is 6.67 Å². The largest absolute Gasteiger partial charge is 0.281 e. The first-order valence-electron chi connectivity index (χ1n) is 5.45. The van der Waals surface area contributed by atoms with E-state index < -0.39 is 31.5 Å². The fraction of sp³-hybridized carbons (Fsp3) is 0.500. The molecule has 102 valence electrons. The molecule has 1 nitrogen and oxygen atoms in total. The molecular formula is C12H14F5N. The second-order valence-electron chi connectivity index (χ2n) is 3.83. The van der Waals surface area contributed by atoms with Crippen molar-refractivity contribution in [3.05, 3.63) is 35.9 Å². The van der Waals surface area contributed by atoms with E-state index in [1.807, 2.05) is 0 Å². The average Bonchev–Trinajstić information content (AvgIpc) is 2.43. The lowest BCUT2D eigenvalue weighted by molar-refractivity contribution is 0.0126. The highest BCUT2D eigenvalue weighted by Crippen LogP contribution is 2.17. The first kappa shape index (κ1) is 14.9. The molecule has 0 saturated heterocycles. The molecular weight excluding hydrogens is 253 g/mol. The molecule has 0 aliphatic heterocycles. The molecule has 0 saturated carbocycles. The standard InChI is InChI=1S/C12H14F5N/c13-6-9(14)10(15)11(16)12(17)18-7-8-4-2-1-3-5-8/h1-5,9-12,18H,6-7H2. The van der Waals surface area contributed by atoms with E-state index in [1.165, 1.54) is 0 Å².